The van der Waals surface area contributed by atoms with E-state index in [-0.39, 0.29) is 19.1 Å². The van der Waals surface area contributed by atoms with Crippen molar-refractivity contribution in [1.82, 2.24) is 0 Å². The Morgan fingerprint density at radius 3 is 2.54 bits per heavy atom. The number of aliphatic hydroxyl groups is 1. The van der Waals surface area contributed by atoms with Crippen LogP contribution in [0.3, 0.4) is 0 Å². The molecule has 3 N–H and O–H groups in total. The van der Waals surface area contributed by atoms with Gasteiger partial charge in [-0.15, -0.1) is 0 Å². The Bertz CT molecular complexity index is 753. The van der Waals surface area contributed by atoms with E-state index in [1.54, 1.807) is 23.1 Å². The van der Waals surface area contributed by atoms with E-state index in [1.807, 2.05) is 13.8 Å². The zero-order valence-corrected chi connectivity index (χ0v) is 14.0. The smallest absolute Gasteiger partial charge is 0.268 e. The first kappa shape index (κ1) is 16.3. The largest absolute Gasteiger partial charge is 0.478 e. The van der Waals surface area contributed by atoms with Crippen LogP contribution in [0.25, 0.3) is 0 Å². The van der Waals surface area contributed by atoms with Gasteiger partial charge < -0.3 is 20.5 Å². The normalized spacial score (nSPS) is 16.7. The molecule has 0 saturated carbocycles. The van der Waals surface area contributed by atoms with Crippen LogP contribution in [0.5, 0.6) is 5.75 Å². The highest BCUT2D eigenvalue weighted by molar-refractivity contribution is 6.00. The summed E-state index contributed by atoms with van der Waals surface area (Å²) in [5.74, 6) is 0.443. The van der Waals surface area contributed by atoms with Crippen LogP contribution in [-0.2, 0) is 11.2 Å². The molecular weight excluding hydrogens is 304 g/mol. The van der Waals surface area contributed by atoms with Crippen LogP contribution in [0.4, 0.5) is 11.4 Å². The summed E-state index contributed by atoms with van der Waals surface area (Å²) < 4.78 is 5.93. The Labute approximate surface area is 141 Å². The average Bonchev–Trinajstić information content (AvgIpc) is 2.50. The maximum atomic E-state index is 12.8. The number of hydrogen-bond donors (Lipinski definition) is 2. The lowest BCUT2D eigenvalue weighted by Crippen LogP contribution is -2.48. The number of fused-ring (bicyclic) bond motifs is 1. The molecule has 5 heteroatoms. The molecule has 1 aliphatic heterocycles. The van der Waals surface area contributed by atoms with Gasteiger partial charge in [0, 0.05) is 24.7 Å². The van der Waals surface area contributed by atoms with E-state index in [2.05, 4.69) is 18.2 Å². The second kappa shape index (κ2) is 6.53. The van der Waals surface area contributed by atoms with Gasteiger partial charge in [-0.1, -0.05) is 29.3 Å². The molecule has 0 radical (unpaired) electrons. The Morgan fingerprint density at radius 1 is 1.17 bits per heavy atom. The summed E-state index contributed by atoms with van der Waals surface area (Å²) in [5, 5.41) is 9.31. The number of benzene rings is 2. The summed E-state index contributed by atoms with van der Waals surface area (Å²) in [4.78, 5) is 14.4. The number of carbonyl (C=O) groups is 1. The molecule has 24 heavy (non-hydrogen) atoms. The predicted octanol–water partition coefficient (Wildman–Crippen LogP) is 2.21. The fourth-order valence-corrected chi connectivity index (χ4v) is 3.20. The van der Waals surface area contributed by atoms with Gasteiger partial charge in [0.1, 0.15) is 5.75 Å². The van der Waals surface area contributed by atoms with E-state index in [0.29, 0.717) is 23.5 Å². The van der Waals surface area contributed by atoms with Crippen molar-refractivity contribution in [1.29, 1.82) is 0 Å². The van der Waals surface area contributed by atoms with Crippen molar-refractivity contribution in [3.8, 4) is 5.75 Å². The van der Waals surface area contributed by atoms with Crippen molar-refractivity contribution < 1.29 is 14.6 Å². The fraction of sp³-hybridized carbons (Fsp3) is 0.316. The van der Waals surface area contributed by atoms with Crippen LogP contribution < -0.4 is 15.4 Å². The molecule has 2 aromatic rings. The second-order valence-corrected chi connectivity index (χ2v) is 6.25. The maximum absolute atomic E-state index is 12.8. The molecule has 1 aliphatic rings. The molecule has 5 nitrogen and oxygen atoms in total. The third kappa shape index (κ3) is 3.21. The number of carbonyl (C=O) groups excluding carboxylic acids is 1. The van der Waals surface area contributed by atoms with Crippen molar-refractivity contribution in [2.45, 2.75) is 26.4 Å². The minimum atomic E-state index is -0.618. The van der Waals surface area contributed by atoms with Gasteiger partial charge in [-0.25, -0.2) is 0 Å². The first-order chi connectivity index (χ1) is 11.5. The predicted molar refractivity (Wildman–Crippen MR) is 94.3 cm³/mol. The van der Waals surface area contributed by atoms with E-state index in [0.717, 1.165) is 16.7 Å². The monoisotopic (exact) mass is 326 g/mol. The summed E-state index contributed by atoms with van der Waals surface area (Å²) in [6.45, 7) is 4.20. The number of aliphatic hydroxyl groups excluding tert-OH is 1. The zero-order valence-electron chi connectivity index (χ0n) is 14.0. The molecule has 0 saturated heterocycles. The highest BCUT2D eigenvalue weighted by Gasteiger charge is 2.34. The first-order valence-corrected chi connectivity index (χ1v) is 8.03. The van der Waals surface area contributed by atoms with Crippen LogP contribution in [-0.4, -0.2) is 30.3 Å². The molecule has 0 spiro atoms. The van der Waals surface area contributed by atoms with Crippen molar-refractivity contribution in [2.24, 2.45) is 0 Å². The summed E-state index contributed by atoms with van der Waals surface area (Å²) in [5.41, 5.74) is 10.4. The summed E-state index contributed by atoms with van der Waals surface area (Å²) >= 11 is 0. The topological polar surface area (TPSA) is 75.8 Å². The molecular formula is C19H22N2O3. The van der Waals surface area contributed by atoms with Crippen LogP contribution >= 0.6 is 0 Å². The van der Waals surface area contributed by atoms with E-state index in [4.69, 9.17) is 10.5 Å². The second-order valence-electron chi connectivity index (χ2n) is 6.25. The van der Waals surface area contributed by atoms with Crippen molar-refractivity contribution in [2.75, 3.05) is 23.8 Å². The molecule has 126 valence electrons. The van der Waals surface area contributed by atoms with Gasteiger partial charge in [0.25, 0.3) is 5.91 Å². The van der Waals surface area contributed by atoms with Crippen LogP contribution in [0.15, 0.2) is 36.4 Å². The third-order valence-electron chi connectivity index (χ3n) is 4.11. The number of ether oxygens (including phenoxy) is 1. The van der Waals surface area contributed by atoms with Gasteiger partial charge in [-0.3, -0.25) is 4.79 Å². The number of nitrogens with two attached hydrogens (primary N) is 1. The highest BCUT2D eigenvalue weighted by atomic mass is 16.5. The minimum absolute atomic E-state index is 0.105. The molecule has 2 aromatic carbocycles. The number of aryl methyl sites for hydroxylation is 2. The van der Waals surface area contributed by atoms with E-state index < -0.39 is 6.10 Å². The van der Waals surface area contributed by atoms with Gasteiger partial charge >= 0.3 is 0 Å². The minimum Gasteiger partial charge on any atom is -0.478 e. The van der Waals surface area contributed by atoms with Gasteiger partial charge in [-0.2, -0.15) is 0 Å². The molecule has 0 aromatic heterocycles. The molecule has 1 unspecified atom stereocenters. The fourth-order valence-electron chi connectivity index (χ4n) is 3.20. The molecule has 0 fully saturated rings. The summed E-state index contributed by atoms with van der Waals surface area (Å²) in [6.07, 6.45) is -0.135. The zero-order chi connectivity index (χ0) is 17.3. The third-order valence-corrected chi connectivity index (χ3v) is 4.11. The molecule has 3 rings (SSSR count). The standard InChI is InChI=1S/C19H22N2O3/c1-12-7-13(2)9-14(8-12)10-18-19(23)21(5-6-22)16-4-3-15(20)11-17(16)24-18/h3-4,7-9,11,18,22H,5-6,10,20H2,1-2H3. The number of anilines is 2. The number of rotatable bonds is 4. The van der Waals surface area contributed by atoms with Crippen LogP contribution in [0.1, 0.15) is 16.7 Å². The van der Waals surface area contributed by atoms with E-state index >= 15 is 0 Å². The average molecular weight is 326 g/mol. The number of amides is 1. The van der Waals surface area contributed by atoms with Gasteiger partial charge in [0.2, 0.25) is 0 Å². The Balaban J connectivity index is 1.93. The van der Waals surface area contributed by atoms with Crippen molar-refractivity contribution in [3.05, 3.63) is 53.1 Å². The number of β-amino-alcohol motifs (C(OH)–C–C–N with tert-alkyl or cyclic N) is 1. The highest BCUT2D eigenvalue weighted by Crippen LogP contribution is 2.36. The lowest BCUT2D eigenvalue weighted by molar-refractivity contribution is -0.126. The number of nitrogen functional groups attached to an aromatic ring is 1. The molecule has 1 atom stereocenters. The van der Waals surface area contributed by atoms with Crippen molar-refractivity contribution >= 4 is 17.3 Å². The van der Waals surface area contributed by atoms with E-state index in [9.17, 15) is 9.90 Å². The quantitative estimate of drug-likeness (QED) is 0.845. The van der Waals surface area contributed by atoms with Crippen LogP contribution in [0, 0.1) is 13.8 Å². The maximum Gasteiger partial charge on any atom is 0.268 e. The molecule has 0 aliphatic carbocycles. The summed E-state index contributed by atoms with van der Waals surface area (Å²) in [6, 6.07) is 11.4. The molecule has 1 heterocycles. The lowest BCUT2D eigenvalue weighted by Gasteiger charge is -2.34. The number of hydrogen-bond acceptors (Lipinski definition) is 4. The van der Waals surface area contributed by atoms with Gasteiger partial charge in [0.05, 0.1) is 12.3 Å². The number of nitrogens with zero attached hydrogens (tertiary/aromatic N) is 1. The van der Waals surface area contributed by atoms with Crippen molar-refractivity contribution in [3.63, 3.8) is 0 Å². The van der Waals surface area contributed by atoms with Crippen LogP contribution in [0.2, 0.25) is 0 Å². The Kier molecular flexibility index (Phi) is 4.44. The van der Waals surface area contributed by atoms with E-state index in [1.165, 1.54) is 0 Å². The molecule has 1 amide bonds. The van der Waals surface area contributed by atoms with Gasteiger partial charge in [-0.05, 0) is 31.5 Å². The molecule has 0 bridgehead atoms. The van der Waals surface area contributed by atoms with Gasteiger partial charge in [0.15, 0.2) is 6.10 Å². The Hall–Kier alpha value is -2.53. The SMILES string of the molecule is Cc1cc(C)cc(CC2Oc3cc(N)ccc3N(CCO)C2=O)c1. The first-order valence-electron chi connectivity index (χ1n) is 8.03. The summed E-state index contributed by atoms with van der Waals surface area (Å²) in [7, 11) is 0. The Morgan fingerprint density at radius 2 is 1.88 bits per heavy atom. The lowest BCUT2D eigenvalue weighted by atomic mass is 10.0.